The largest absolute Gasteiger partial charge is 0.322 e. The van der Waals surface area contributed by atoms with Crippen LogP contribution in [0, 0.1) is 13.8 Å². The van der Waals surface area contributed by atoms with Crippen molar-refractivity contribution in [1.82, 2.24) is 30.1 Å². The van der Waals surface area contributed by atoms with Crippen LogP contribution in [0.15, 0.2) is 77.6 Å². The van der Waals surface area contributed by atoms with Gasteiger partial charge in [0, 0.05) is 24.2 Å². The van der Waals surface area contributed by atoms with Gasteiger partial charge >= 0.3 is 0 Å². The van der Waals surface area contributed by atoms with Crippen LogP contribution in [-0.4, -0.2) is 36.6 Å². The lowest BCUT2D eigenvalue weighted by Gasteiger charge is -2.34. The molecule has 3 heterocycles. The summed E-state index contributed by atoms with van der Waals surface area (Å²) < 4.78 is 1.82. The van der Waals surface area contributed by atoms with E-state index in [1.807, 2.05) is 35.0 Å². The van der Waals surface area contributed by atoms with Crippen molar-refractivity contribution in [2.45, 2.75) is 39.4 Å². The Morgan fingerprint density at radius 3 is 2.53 bits per heavy atom. The average Bonchev–Trinajstić information content (AvgIpc) is 3.34. The molecule has 2 aromatic heterocycles. The molecule has 0 aliphatic carbocycles. The first-order chi connectivity index (χ1) is 17.6. The summed E-state index contributed by atoms with van der Waals surface area (Å²) in [6.07, 6.45) is 0.913. The molecule has 0 saturated carbocycles. The first-order valence-corrected chi connectivity index (χ1v) is 12.3. The standard InChI is InChI=1S/C29H28N6O/c1-19-14-24-16-25(29(36)30-26(24)15-20(19)2)27(34-13-12-22-10-6-7-11-23(22)18-34)28-31-32-33-35(28)17-21-8-4-3-5-9-21/h3-11,14-16,27H,12-13,17-18H2,1-2H3,(H,30,36)/t27-/m0/s1. The van der Waals surface area contributed by atoms with E-state index in [1.165, 1.54) is 16.7 Å². The van der Waals surface area contributed by atoms with Crippen molar-refractivity contribution in [2.24, 2.45) is 0 Å². The Kier molecular flexibility index (Phi) is 5.70. The van der Waals surface area contributed by atoms with Gasteiger partial charge in [-0.1, -0.05) is 54.6 Å². The normalized spacial score (nSPS) is 14.6. The van der Waals surface area contributed by atoms with Crippen LogP contribution in [0.5, 0.6) is 0 Å². The van der Waals surface area contributed by atoms with Crippen LogP contribution in [0.25, 0.3) is 10.9 Å². The number of pyridine rings is 1. The molecule has 7 nitrogen and oxygen atoms in total. The topological polar surface area (TPSA) is 79.7 Å². The van der Waals surface area contributed by atoms with Gasteiger partial charge < -0.3 is 4.98 Å². The molecule has 0 bridgehead atoms. The van der Waals surface area contributed by atoms with E-state index in [1.54, 1.807) is 0 Å². The molecule has 0 unspecified atom stereocenters. The highest BCUT2D eigenvalue weighted by molar-refractivity contribution is 5.81. The molecule has 36 heavy (non-hydrogen) atoms. The predicted molar refractivity (Wildman–Crippen MR) is 140 cm³/mol. The van der Waals surface area contributed by atoms with Crippen molar-refractivity contribution >= 4 is 10.9 Å². The summed E-state index contributed by atoms with van der Waals surface area (Å²) in [4.78, 5) is 19.0. The van der Waals surface area contributed by atoms with Crippen LogP contribution >= 0.6 is 0 Å². The maximum absolute atomic E-state index is 13.6. The summed E-state index contributed by atoms with van der Waals surface area (Å²) in [5.41, 5.74) is 7.48. The Hall–Kier alpha value is -4.10. The molecular weight excluding hydrogens is 448 g/mol. The van der Waals surface area contributed by atoms with Gasteiger partial charge in [0.1, 0.15) is 6.04 Å². The number of fused-ring (bicyclic) bond motifs is 2. The fourth-order valence-corrected chi connectivity index (χ4v) is 5.21. The average molecular weight is 477 g/mol. The summed E-state index contributed by atoms with van der Waals surface area (Å²) in [6, 6.07) is 24.5. The highest BCUT2D eigenvalue weighted by Gasteiger charge is 2.32. The first-order valence-electron chi connectivity index (χ1n) is 12.3. The van der Waals surface area contributed by atoms with Gasteiger partial charge in [0.05, 0.1) is 6.54 Å². The molecule has 0 radical (unpaired) electrons. The predicted octanol–water partition coefficient (Wildman–Crippen LogP) is 4.33. The van der Waals surface area contributed by atoms with Gasteiger partial charge in [-0.05, 0) is 82.1 Å². The van der Waals surface area contributed by atoms with Gasteiger partial charge in [-0.15, -0.1) is 5.10 Å². The van der Waals surface area contributed by atoms with Gasteiger partial charge in [0.15, 0.2) is 5.82 Å². The van der Waals surface area contributed by atoms with Gasteiger partial charge in [0.2, 0.25) is 0 Å². The van der Waals surface area contributed by atoms with Gasteiger partial charge in [-0.25, -0.2) is 4.68 Å². The van der Waals surface area contributed by atoms with Gasteiger partial charge in [-0.2, -0.15) is 0 Å². The van der Waals surface area contributed by atoms with Crippen molar-refractivity contribution in [3.63, 3.8) is 0 Å². The Morgan fingerprint density at radius 1 is 0.944 bits per heavy atom. The molecule has 0 saturated heterocycles. The number of nitrogens with one attached hydrogen (secondary N) is 1. The molecule has 6 rings (SSSR count). The fourth-order valence-electron chi connectivity index (χ4n) is 5.21. The zero-order valence-electron chi connectivity index (χ0n) is 20.5. The number of aromatic amines is 1. The van der Waals surface area contributed by atoms with E-state index in [9.17, 15) is 4.79 Å². The van der Waals surface area contributed by atoms with Crippen molar-refractivity contribution in [3.05, 3.63) is 122 Å². The second-order valence-electron chi connectivity index (χ2n) is 9.65. The summed E-state index contributed by atoms with van der Waals surface area (Å²) in [5, 5.41) is 13.9. The number of H-pyrrole nitrogens is 1. The molecule has 180 valence electrons. The third kappa shape index (κ3) is 4.12. The van der Waals surface area contributed by atoms with E-state index in [0.717, 1.165) is 41.5 Å². The van der Waals surface area contributed by atoms with E-state index in [-0.39, 0.29) is 11.6 Å². The molecule has 7 heteroatoms. The molecule has 0 spiro atoms. The highest BCUT2D eigenvalue weighted by atomic mass is 16.1. The summed E-state index contributed by atoms with van der Waals surface area (Å²) in [7, 11) is 0. The van der Waals surface area contributed by atoms with Crippen molar-refractivity contribution in [1.29, 1.82) is 0 Å². The zero-order valence-corrected chi connectivity index (χ0v) is 20.5. The number of hydrogen-bond donors (Lipinski definition) is 1. The maximum Gasteiger partial charge on any atom is 0.253 e. The molecule has 1 N–H and O–H groups in total. The van der Waals surface area contributed by atoms with Gasteiger partial charge in [0.25, 0.3) is 5.56 Å². The smallest absolute Gasteiger partial charge is 0.253 e. The Balaban J connectivity index is 1.49. The van der Waals surface area contributed by atoms with Crippen LogP contribution in [0.4, 0.5) is 0 Å². The van der Waals surface area contributed by atoms with Crippen LogP contribution in [0.3, 0.4) is 0 Å². The zero-order chi connectivity index (χ0) is 24.6. The SMILES string of the molecule is Cc1cc2cc([C@@H](c3nnnn3Cc3ccccc3)N3CCc4ccccc4C3)c(=O)[nH]c2cc1C. The van der Waals surface area contributed by atoms with Crippen molar-refractivity contribution in [2.75, 3.05) is 6.54 Å². The molecule has 3 aromatic carbocycles. The van der Waals surface area contributed by atoms with Gasteiger partial charge in [-0.3, -0.25) is 9.69 Å². The number of nitrogens with zero attached hydrogens (tertiary/aromatic N) is 5. The molecule has 0 fully saturated rings. The van der Waals surface area contributed by atoms with Crippen molar-refractivity contribution in [3.8, 4) is 0 Å². The Morgan fingerprint density at radius 2 is 1.69 bits per heavy atom. The quantitative estimate of drug-likeness (QED) is 0.409. The van der Waals surface area contributed by atoms with E-state index < -0.39 is 0 Å². The van der Waals surface area contributed by atoms with E-state index in [2.05, 4.69) is 81.7 Å². The van der Waals surface area contributed by atoms with E-state index in [4.69, 9.17) is 0 Å². The second-order valence-corrected chi connectivity index (χ2v) is 9.65. The summed E-state index contributed by atoms with van der Waals surface area (Å²) >= 11 is 0. The molecule has 1 aliphatic heterocycles. The monoisotopic (exact) mass is 476 g/mol. The maximum atomic E-state index is 13.6. The van der Waals surface area contributed by atoms with Crippen LogP contribution in [0.2, 0.25) is 0 Å². The highest BCUT2D eigenvalue weighted by Crippen LogP contribution is 2.32. The number of tetrazole rings is 1. The second kappa shape index (κ2) is 9.17. The number of hydrogen-bond acceptors (Lipinski definition) is 5. The number of aryl methyl sites for hydroxylation is 2. The Bertz CT molecular complexity index is 1600. The molecular formula is C29H28N6O. The minimum absolute atomic E-state index is 0.108. The van der Waals surface area contributed by atoms with Crippen LogP contribution < -0.4 is 5.56 Å². The lowest BCUT2D eigenvalue weighted by atomic mass is 9.95. The molecule has 1 aliphatic rings. The first kappa shape index (κ1) is 22.4. The third-order valence-electron chi connectivity index (χ3n) is 7.29. The number of benzene rings is 3. The number of rotatable bonds is 5. The number of aromatic nitrogens is 5. The minimum Gasteiger partial charge on any atom is -0.322 e. The van der Waals surface area contributed by atoms with E-state index in [0.29, 0.717) is 17.9 Å². The molecule has 0 amide bonds. The van der Waals surface area contributed by atoms with Crippen molar-refractivity contribution < 1.29 is 0 Å². The lowest BCUT2D eigenvalue weighted by Crippen LogP contribution is -2.38. The summed E-state index contributed by atoms with van der Waals surface area (Å²) in [6.45, 7) is 6.23. The molecule has 5 aromatic rings. The van der Waals surface area contributed by atoms with Crippen LogP contribution in [-0.2, 0) is 19.5 Å². The summed E-state index contributed by atoms with van der Waals surface area (Å²) in [5.74, 6) is 0.673. The molecule has 1 atom stereocenters. The fraction of sp³-hybridized carbons (Fsp3) is 0.241. The third-order valence-corrected chi connectivity index (χ3v) is 7.29. The van der Waals surface area contributed by atoms with E-state index >= 15 is 0 Å². The lowest BCUT2D eigenvalue weighted by molar-refractivity contribution is 0.194. The van der Waals surface area contributed by atoms with Crippen LogP contribution in [0.1, 0.15) is 45.2 Å². The Labute approximate surface area is 209 Å². The minimum atomic E-state index is -0.383.